The van der Waals surface area contributed by atoms with Crippen LogP contribution >= 0.6 is 11.3 Å². The van der Waals surface area contributed by atoms with E-state index in [1.54, 1.807) is 15.9 Å². The molecule has 1 aliphatic carbocycles. The second-order valence-corrected chi connectivity index (χ2v) is 6.88. The summed E-state index contributed by atoms with van der Waals surface area (Å²) < 4.78 is 3.11. The first-order valence-corrected chi connectivity index (χ1v) is 8.63. The third-order valence-electron chi connectivity index (χ3n) is 4.27. The van der Waals surface area contributed by atoms with Crippen LogP contribution in [0, 0.1) is 0 Å². The minimum absolute atomic E-state index is 0.00206. The lowest BCUT2D eigenvalue weighted by Gasteiger charge is -2.14. The molecule has 22 heavy (non-hydrogen) atoms. The van der Waals surface area contributed by atoms with Crippen LogP contribution in [0.5, 0.6) is 0 Å². The molecule has 2 aromatic rings. The van der Waals surface area contributed by atoms with Gasteiger partial charge in [0, 0.05) is 19.1 Å². The summed E-state index contributed by atoms with van der Waals surface area (Å²) in [7, 11) is 0. The highest BCUT2D eigenvalue weighted by Gasteiger charge is 2.31. The zero-order chi connectivity index (χ0) is 15.1. The first-order valence-electron chi connectivity index (χ1n) is 7.75. The molecular formula is C15H18N4O2S. The van der Waals surface area contributed by atoms with Crippen molar-refractivity contribution in [2.75, 3.05) is 13.1 Å². The van der Waals surface area contributed by atoms with Gasteiger partial charge in [-0.1, -0.05) is 6.07 Å². The Labute approximate surface area is 132 Å². The Morgan fingerprint density at radius 3 is 2.73 bits per heavy atom. The Hall–Kier alpha value is -1.89. The maximum Gasteiger partial charge on any atom is 0.346 e. The summed E-state index contributed by atoms with van der Waals surface area (Å²) in [6.07, 6.45) is 4.14. The Morgan fingerprint density at radius 1 is 1.32 bits per heavy atom. The Balaban J connectivity index is 1.66. The Bertz CT molecular complexity index is 736. The van der Waals surface area contributed by atoms with Crippen LogP contribution in [0.3, 0.4) is 0 Å². The molecule has 0 aromatic carbocycles. The molecule has 116 valence electrons. The van der Waals surface area contributed by atoms with Crippen LogP contribution in [-0.2, 0) is 11.3 Å². The predicted octanol–water partition coefficient (Wildman–Crippen LogP) is 1.73. The summed E-state index contributed by atoms with van der Waals surface area (Å²) >= 11 is 1.57. The number of rotatable bonds is 4. The average molecular weight is 318 g/mol. The summed E-state index contributed by atoms with van der Waals surface area (Å²) in [6.45, 7) is 1.65. The smallest absolute Gasteiger partial charge is 0.341 e. The van der Waals surface area contributed by atoms with E-state index in [9.17, 15) is 9.59 Å². The number of hydrogen-bond acceptors (Lipinski definition) is 4. The van der Waals surface area contributed by atoms with Gasteiger partial charge in [-0.05, 0) is 37.1 Å². The molecular weight excluding hydrogens is 300 g/mol. The first kappa shape index (κ1) is 13.8. The molecule has 0 bridgehead atoms. The van der Waals surface area contributed by atoms with Gasteiger partial charge in [-0.3, -0.25) is 9.36 Å². The second kappa shape index (κ2) is 5.39. The van der Waals surface area contributed by atoms with Gasteiger partial charge >= 0.3 is 5.69 Å². The molecule has 7 heteroatoms. The quantitative estimate of drug-likeness (QED) is 0.862. The van der Waals surface area contributed by atoms with Gasteiger partial charge < -0.3 is 4.90 Å². The number of hydrogen-bond donors (Lipinski definition) is 0. The lowest BCUT2D eigenvalue weighted by molar-refractivity contribution is -0.131. The molecule has 3 heterocycles. The fourth-order valence-electron chi connectivity index (χ4n) is 2.95. The van der Waals surface area contributed by atoms with E-state index < -0.39 is 0 Å². The van der Waals surface area contributed by atoms with Gasteiger partial charge in [0.15, 0.2) is 5.82 Å². The molecule has 4 rings (SSSR count). The van der Waals surface area contributed by atoms with Crippen molar-refractivity contribution in [2.45, 2.75) is 38.3 Å². The van der Waals surface area contributed by atoms with Gasteiger partial charge in [0.2, 0.25) is 5.91 Å². The van der Waals surface area contributed by atoms with Crippen LogP contribution in [0.4, 0.5) is 0 Å². The third kappa shape index (κ3) is 2.39. The number of carbonyl (C=O) groups excluding carboxylic acids is 1. The van der Waals surface area contributed by atoms with E-state index in [1.165, 1.54) is 4.68 Å². The van der Waals surface area contributed by atoms with Crippen molar-refractivity contribution in [3.8, 4) is 10.7 Å². The zero-order valence-corrected chi connectivity index (χ0v) is 13.1. The van der Waals surface area contributed by atoms with Crippen molar-refractivity contribution in [2.24, 2.45) is 0 Å². The lowest BCUT2D eigenvalue weighted by atomic mass is 10.4. The molecule has 1 aliphatic heterocycles. The number of nitrogens with zero attached hydrogens (tertiary/aromatic N) is 4. The van der Waals surface area contributed by atoms with E-state index in [0.29, 0.717) is 5.82 Å². The molecule has 2 fully saturated rings. The van der Waals surface area contributed by atoms with E-state index >= 15 is 0 Å². The molecule has 1 amide bonds. The highest BCUT2D eigenvalue weighted by atomic mass is 32.1. The highest BCUT2D eigenvalue weighted by molar-refractivity contribution is 7.13. The summed E-state index contributed by atoms with van der Waals surface area (Å²) in [5, 5.41) is 6.43. The fraction of sp³-hybridized carbons (Fsp3) is 0.533. The highest BCUT2D eigenvalue weighted by Crippen LogP contribution is 2.37. The summed E-state index contributed by atoms with van der Waals surface area (Å²) in [5.74, 6) is 0.703. The molecule has 6 nitrogen and oxygen atoms in total. The Morgan fingerprint density at radius 2 is 2.09 bits per heavy atom. The third-order valence-corrected chi connectivity index (χ3v) is 5.13. The van der Waals surface area contributed by atoms with Crippen molar-refractivity contribution in [3.05, 3.63) is 28.0 Å². The van der Waals surface area contributed by atoms with E-state index in [0.717, 1.165) is 43.6 Å². The van der Waals surface area contributed by atoms with Gasteiger partial charge in [0.1, 0.15) is 6.54 Å². The maximum atomic E-state index is 12.6. The van der Waals surface area contributed by atoms with Crippen LogP contribution < -0.4 is 5.69 Å². The maximum absolute atomic E-state index is 12.6. The van der Waals surface area contributed by atoms with Gasteiger partial charge in [-0.15, -0.1) is 16.4 Å². The molecule has 0 spiro atoms. The van der Waals surface area contributed by atoms with E-state index in [1.807, 2.05) is 22.4 Å². The number of amides is 1. The first-order chi connectivity index (χ1) is 10.7. The summed E-state index contributed by atoms with van der Waals surface area (Å²) in [5.41, 5.74) is -0.154. The van der Waals surface area contributed by atoms with Crippen molar-refractivity contribution in [3.63, 3.8) is 0 Å². The minimum atomic E-state index is -0.154. The topological polar surface area (TPSA) is 60.1 Å². The second-order valence-electron chi connectivity index (χ2n) is 5.93. The molecule has 0 atom stereocenters. The zero-order valence-electron chi connectivity index (χ0n) is 12.3. The number of thiophene rings is 1. The van der Waals surface area contributed by atoms with Crippen LogP contribution in [-0.4, -0.2) is 38.2 Å². The van der Waals surface area contributed by atoms with Crippen molar-refractivity contribution < 1.29 is 4.79 Å². The van der Waals surface area contributed by atoms with Crippen LogP contribution in [0.2, 0.25) is 0 Å². The van der Waals surface area contributed by atoms with Crippen LogP contribution in [0.1, 0.15) is 31.7 Å². The standard InChI is InChI=1S/C15H18N4O2S/c20-13(17-7-1-2-8-17)10-18-15(21)19(11-5-6-11)14(16-18)12-4-3-9-22-12/h3-4,9,11H,1-2,5-8,10H2. The largest absolute Gasteiger partial charge is 0.346 e. The van der Waals surface area contributed by atoms with Gasteiger partial charge in [0.25, 0.3) is 0 Å². The van der Waals surface area contributed by atoms with Gasteiger partial charge in [0.05, 0.1) is 4.88 Å². The summed E-state index contributed by atoms with van der Waals surface area (Å²) in [6, 6.07) is 4.17. The molecule has 0 radical (unpaired) electrons. The number of carbonyl (C=O) groups is 1. The van der Waals surface area contributed by atoms with Crippen molar-refractivity contribution >= 4 is 17.2 Å². The normalized spacial score (nSPS) is 18.1. The van der Waals surface area contributed by atoms with Crippen LogP contribution in [0.15, 0.2) is 22.3 Å². The predicted molar refractivity (Wildman–Crippen MR) is 83.9 cm³/mol. The number of likely N-dealkylation sites (tertiary alicyclic amines) is 1. The molecule has 2 aromatic heterocycles. The van der Waals surface area contributed by atoms with E-state index in [-0.39, 0.29) is 24.2 Å². The molecule has 0 N–H and O–H groups in total. The van der Waals surface area contributed by atoms with E-state index in [4.69, 9.17) is 0 Å². The lowest BCUT2D eigenvalue weighted by Crippen LogP contribution is -2.35. The minimum Gasteiger partial charge on any atom is -0.341 e. The van der Waals surface area contributed by atoms with E-state index in [2.05, 4.69) is 5.10 Å². The van der Waals surface area contributed by atoms with Crippen LogP contribution in [0.25, 0.3) is 10.7 Å². The average Bonchev–Trinajstić information content (AvgIpc) is 2.99. The fourth-order valence-corrected chi connectivity index (χ4v) is 3.66. The molecule has 1 saturated heterocycles. The molecule has 2 aliphatic rings. The SMILES string of the molecule is O=C(Cn1nc(-c2cccs2)n(C2CC2)c1=O)N1CCCC1. The monoisotopic (exact) mass is 318 g/mol. The molecule has 1 saturated carbocycles. The number of aromatic nitrogens is 3. The molecule has 0 unspecified atom stereocenters. The van der Waals surface area contributed by atoms with Gasteiger partial charge in [-0.2, -0.15) is 0 Å². The van der Waals surface area contributed by atoms with Crippen molar-refractivity contribution in [1.29, 1.82) is 0 Å². The Kier molecular flexibility index (Phi) is 3.37. The van der Waals surface area contributed by atoms with Crippen molar-refractivity contribution in [1.82, 2.24) is 19.2 Å². The summed E-state index contributed by atoms with van der Waals surface area (Å²) in [4.78, 5) is 27.7. The van der Waals surface area contributed by atoms with Gasteiger partial charge in [-0.25, -0.2) is 9.48 Å².